The SMILES string of the molecule is CCCc1nc(C)sc1C(=O)NC1CCN(Cc2ccc(OC)c(OC)c2)CC1. The highest BCUT2D eigenvalue weighted by Crippen LogP contribution is 2.28. The van der Waals surface area contributed by atoms with Gasteiger partial charge in [0.25, 0.3) is 5.91 Å². The first kappa shape index (κ1) is 21.6. The maximum Gasteiger partial charge on any atom is 0.263 e. The minimum atomic E-state index is 0.0393. The van der Waals surface area contributed by atoms with Crippen molar-refractivity contribution in [2.24, 2.45) is 0 Å². The lowest BCUT2D eigenvalue weighted by molar-refractivity contribution is 0.0912. The third kappa shape index (κ3) is 5.48. The fraction of sp³-hybridized carbons (Fsp3) is 0.545. The molecule has 1 aromatic carbocycles. The van der Waals surface area contributed by atoms with Gasteiger partial charge in [-0.3, -0.25) is 9.69 Å². The first-order chi connectivity index (χ1) is 14.0. The lowest BCUT2D eigenvalue weighted by Crippen LogP contribution is -2.44. The molecule has 0 spiro atoms. The predicted octanol–water partition coefficient (Wildman–Crippen LogP) is 3.82. The number of piperidine rings is 1. The molecule has 29 heavy (non-hydrogen) atoms. The summed E-state index contributed by atoms with van der Waals surface area (Å²) in [7, 11) is 3.31. The molecule has 1 N–H and O–H groups in total. The molecule has 0 unspecified atom stereocenters. The molecule has 0 aliphatic carbocycles. The van der Waals surface area contributed by atoms with Crippen molar-refractivity contribution < 1.29 is 14.3 Å². The van der Waals surface area contributed by atoms with E-state index in [-0.39, 0.29) is 11.9 Å². The summed E-state index contributed by atoms with van der Waals surface area (Å²) in [4.78, 5) is 20.5. The van der Waals surface area contributed by atoms with Crippen molar-refractivity contribution >= 4 is 17.2 Å². The maximum absolute atomic E-state index is 12.7. The van der Waals surface area contributed by atoms with Crippen molar-refractivity contribution in [1.82, 2.24) is 15.2 Å². The third-order valence-corrected chi connectivity index (χ3v) is 6.29. The number of methoxy groups -OCH3 is 2. The summed E-state index contributed by atoms with van der Waals surface area (Å²) in [5, 5.41) is 4.19. The Morgan fingerprint density at radius 3 is 2.62 bits per heavy atom. The lowest BCUT2D eigenvalue weighted by Gasteiger charge is -2.32. The van der Waals surface area contributed by atoms with E-state index in [0.717, 1.165) is 72.4 Å². The van der Waals surface area contributed by atoms with Crippen molar-refractivity contribution in [3.05, 3.63) is 39.3 Å². The molecule has 1 aliphatic heterocycles. The summed E-state index contributed by atoms with van der Waals surface area (Å²) in [6.45, 7) is 6.87. The van der Waals surface area contributed by atoms with Crippen LogP contribution in [0.25, 0.3) is 0 Å². The van der Waals surface area contributed by atoms with E-state index in [1.54, 1.807) is 14.2 Å². The summed E-state index contributed by atoms with van der Waals surface area (Å²) in [6.07, 6.45) is 3.77. The minimum Gasteiger partial charge on any atom is -0.493 e. The van der Waals surface area contributed by atoms with Gasteiger partial charge in [0.15, 0.2) is 11.5 Å². The Hall–Kier alpha value is -2.12. The number of aryl methyl sites for hydroxylation is 2. The standard InChI is InChI=1S/C22H31N3O3S/c1-5-6-18-21(29-15(2)23-18)22(26)24-17-9-11-25(12-10-17)14-16-7-8-19(27-3)20(13-16)28-4/h7-8,13,17H,5-6,9-12,14H2,1-4H3,(H,24,26). The number of carbonyl (C=O) groups excluding carboxylic acids is 1. The van der Waals surface area contributed by atoms with E-state index in [1.807, 2.05) is 19.1 Å². The van der Waals surface area contributed by atoms with E-state index in [1.165, 1.54) is 16.9 Å². The smallest absolute Gasteiger partial charge is 0.263 e. The summed E-state index contributed by atoms with van der Waals surface area (Å²) < 4.78 is 10.7. The number of benzene rings is 1. The van der Waals surface area contributed by atoms with Gasteiger partial charge >= 0.3 is 0 Å². The number of thiazole rings is 1. The largest absolute Gasteiger partial charge is 0.493 e. The molecule has 1 amide bonds. The molecule has 0 radical (unpaired) electrons. The molecule has 0 saturated carbocycles. The van der Waals surface area contributed by atoms with Crippen LogP contribution in [0.1, 0.15) is 52.1 Å². The summed E-state index contributed by atoms with van der Waals surface area (Å²) >= 11 is 1.50. The number of aromatic nitrogens is 1. The second-order valence-electron chi connectivity index (χ2n) is 7.47. The fourth-order valence-electron chi connectivity index (χ4n) is 3.78. The Morgan fingerprint density at radius 2 is 1.97 bits per heavy atom. The molecule has 1 saturated heterocycles. The highest BCUT2D eigenvalue weighted by Gasteiger charge is 2.24. The minimum absolute atomic E-state index is 0.0393. The lowest BCUT2D eigenvalue weighted by atomic mass is 10.0. The van der Waals surface area contributed by atoms with Gasteiger partial charge in [-0.25, -0.2) is 4.98 Å². The first-order valence-electron chi connectivity index (χ1n) is 10.2. The Morgan fingerprint density at radius 1 is 1.24 bits per heavy atom. The maximum atomic E-state index is 12.7. The van der Waals surface area contributed by atoms with Crippen LogP contribution in [0.5, 0.6) is 11.5 Å². The van der Waals surface area contributed by atoms with Crippen LogP contribution < -0.4 is 14.8 Å². The normalized spacial score (nSPS) is 15.3. The molecule has 158 valence electrons. The molecule has 2 aromatic rings. The van der Waals surface area contributed by atoms with Crippen LogP contribution in [0.15, 0.2) is 18.2 Å². The van der Waals surface area contributed by atoms with E-state index in [9.17, 15) is 4.79 Å². The third-order valence-electron chi connectivity index (χ3n) is 5.27. The molecule has 0 atom stereocenters. The van der Waals surface area contributed by atoms with Gasteiger partial charge < -0.3 is 14.8 Å². The van der Waals surface area contributed by atoms with Crippen LogP contribution in [0.2, 0.25) is 0 Å². The van der Waals surface area contributed by atoms with Gasteiger partial charge in [-0.2, -0.15) is 0 Å². The summed E-state index contributed by atoms with van der Waals surface area (Å²) in [5.74, 6) is 1.55. The molecule has 7 heteroatoms. The highest BCUT2D eigenvalue weighted by molar-refractivity contribution is 7.13. The molecule has 2 heterocycles. The van der Waals surface area contributed by atoms with Crippen molar-refractivity contribution in [2.45, 2.75) is 52.1 Å². The number of ether oxygens (including phenoxy) is 2. The second kappa shape index (κ2) is 10.1. The van der Waals surface area contributed by atoms with E-state index >= 15 is 0 Å². The Labute approximate surface area is 177 Å². The van der Waals surface area contributed by atoms with E-state index in [0.29, 0.717) is 0 Å². The zero-order chi connectivity index (χ0) is 20.8. The average Bonchev–Trinajstić information content (AvgIpc) is 3.10. The molecule has 1 aromatic heterocycles. The quantitative estimate of drug-likeness (QED) is 0.707. The van der Waals surface area contributed by atoms with Gasteiger partial charge in [0.05, 0.1) is 24.9 Å². The van der Waals surface area contributed by atoms with Gasteiger partial charge in [-0.1, -0.05) is 19.4 Å². The van der Waals surface area contributed by atoms with Crippen molar-refractivity contribution in [2.75, 3.05) is 27.3 Å². The predicted molar refractivity (Wildman–Crippen MR) is 116 cm³/mol. The number of hydrogen-bond acceptors (Lipinski definition) is 6. The van der Waals surface area contributed by atoms with E-state index < -0.39 is 0 Å². The molecule has 1 fully saturated rings. The molecule has 0 bridgehead atoms. The van der Waals surface area contributed by atoms with Gasteiger partial charge in [0.2, 0.25) is 0 Å². The van der Waals surface area contributed by atoms with Crippen LogP contribution >= 0.6 is 11.3 Å². The zero-order valence-corrected chi connectivity index (χ0v) is 18.6. The second-order valence-corrected chi connectivity index (χ2v) is 8.68. The Kier molecular flexibility index (Phi) is 7.50. The van der Waals surface area contributed by atoms with E-state index in [2.05, 4.69) is 28.2 Å². The van der Waals surface area contributed by atoms with Gasteiger partial charge in [0.1, 0.15) is 4.88 Å². The van der Waals surface area contributed by atoms with Crippen LogP contribution in [-0.2, 0) is 13.0 Å². The Balaban J connectivity index is 1.52. The number of rotatable bonds is 8. The molecule has 3 rings (SSSR count). The topological polar surface area (TPSA) is 63.7 Å². The molecular formula is C22H31N3O3S. The Bertz CT molecular complexity index is 829. The summed E-state index contributed by atoms with van der Waals surface area (Å²) in [6, 6.07) is 6.29. The number of likely N-dealkylation sites (tertiary alicyclic amines) is 1. The molecule has 6 nitrogen and oxygen atoms in total. The van der Waals surface area contributed by atoms with Crippen LogP contribution in [0, 0.1) is 6.92 Å². The highest BCUT2D eigenvalue weighted by atomic mass is 32.1. The van der Waals surface area contributed by atoms with Crippen molar-refractivity contribution in [1.29, 1.82) is 0 Å². The number of carbonyl (C=O) groups is 1. The summed E-state index contributed by atoms with van der Waals surface area (Å²) in [5.41, 5.74) is 2.15. The van der Waals surface area contributed by atoms with Crippen LogP contribution in [0.3, 0.4) is 0 Å². The van der Waals surface area contributed by atoms with Gasteiger partial charge in [-0.05, 0) is 43.9 Å². The van der Waals surface area contributed by atoms with E-state index in [4.69, 9.17) is 9.47 Å². The van der Waals surface area contributed by atoms with Gasteiger partial charge in [-0.15, -0.1) is 11.3 Å². The zero-order valence-electron chi connectivity index (χ0n) is 17.8. The van der Waals surface area contributed by atoms with Crippen molar-refractivity contribution in [3.63, 3.8) is 0 Å². The first-order valence-corrected chi connectivity index (χ1v) is 11.1. The average molecular weight is 418 g/mol. The molecule has 1 aliphatic rings. The number of nitrogens with zero attached hydrogens (tertiary/aromatic N) is 2. The van der Waals surface area contributed by atoms with Gasteiger partial charge in [0, 0.05) is 25.7 Å². The number of nitrogens with one attached hydrogen (secondary N) is 1. The van der Waals surface area contributed by atoms with Crippen molar-refractivity contribution in [3.8, 4) is 11.5 Å². The van der Waals surface area contributed by atoms with Crippen LogP contribution in [0.4, 0.5) is 0 Å². The number of amides is 1. The fourth-order valence-corrected chi connectivity index (χ4v) is 4.65. The monoisotopic (exact) mass is 417 g/mol. The number of hydrogen-bond donors (Lipinski definition) is 1. The van der Waals surface area contributed by atoms with Crippen LogP contribution in [-0.4, -0.2) is 49.1 Å². The molecular weight excluding hydrogens is 386 g/mol.